The largest absolute Gasteiger partial charge is 0.444 e. The molecular weight excluding hydrogens is 743 g/mol. The van der Waals surface area contributed by atoms with Crippen molar-refractivity contribution in [2.45, 2.75) is 126 Å². The molecule has 2 unspecified atom stereocenters. The van der Waals surface area contributed by atoms with Gasteiger partial charge in [-0.1, -0.05) is 32.9 Å². The number of carbonyl (C=O) groups is 2. The lowest BCUT2D eigenvalue weighted by atomic mass is 9.87. The molecule has 4 saturated heterocycles. The van der Waals surface area contributed by atoms with Crippen LogP contribution in [-0.4, -0.2) is 116 Å². The lowest BCUT2D eigenvalue weighted by molar-refractivity contribution is -0.138. The zero-order valence-corrected chi connectivity index (χ0v) is 34.2. The predicted octanol–water partition coefficient (Wildman–Crippen LogP) is 5.39. The van der Waals surface area contributed by atoms with E-state index >= 15 is 0 Å². The minimum atomic E-state index is -3.58. The second kappa shape index (κ2) is 14.6. The highest BCUT2D eigenvalue weighted by molar-refractivity contribution is 7.89. The Morgan fingerprint density at radius 2 is 1.45 bits per heavy atom. The molecule has 4 bridgehead atoms. The third-order valence-electron chi connectivity index (χ3n) is 11.4. The van der Waals surface area contributed by atoms with Gasteiger partial charge < -0.3 is 14.5 Å². The van der Waals surface area contributed by atoms with Crippen molar-refractivity contribution in [1.82, 2.24) is 33.9 Å². The maximum absolute atomic E-state index is 13.4. The van der Waals surface area contributed by atoms with E-state index in [-0.39, 0.29) is 48.0 Å². The number of aromatic nitrogens is 4. The third kappa shape index (κ3) is 8.41. The van der Waals surface area contributed by atoms with Gasteiger partial charge >= 0.3 is 6.09 Å². The normalized spacial score (nSPS) is 25.8. The van der Waals surface area contributed by atoms with Gasteiger partial charge in [0, 0.05) is 82.6 Å². The molecule has 4 aliphatic heterocycles. The fourth-order valence-electron chi connectivity index (χ4n) is 8.46. The van der Waals surface area contributed by atoms with E-state index in [0.29, 0.717) is 43.3 Å². The lowest BCUT2D eigenvalue weighted by Gasteiger charge is -2.41. The summed E-state index contributed by atoms with van der Waals surface area (Å²) in [7, 11) is -1.71. The van der Waals surface area contributed by atoms with Crippen molar-refractivity contribution in [3.8, 4) is 0 Å². The number of aryl methyl sites for hydroxylation is 1. The van der Waals surface area contributed by atoms with Crippen LogP contribution in [0.15, 0.2) is 53.8 Å². The van der Waals surface area contributed by atoms with Gasteiger partial charge in [0.05, 0.1) is 11.1 Å². The minimum Gasteiger partial charge on any atom is -0.444 e. The monoisotopic (exact) mass is 796 g/mol. The van der Waals surface area contributed by atoms with Gasteiger partial charge in [-0.3, -0.25) is 14.4 Å². The van der Waals surface area contributed by atoms with E-state index in [1.165, 1.54) is 4.31 Å². The second-order valence-electron chi connectivity index (χ2n) is 18.0. The summed E-state index contributed by atoms with van der Waals surface area (Å²) in [6.45, 7) is 13.7. The number of sulfonamides is 1. The van der Waals surface area contributed by atoms with E-state index < -0.39 is 27.5 Å². The Balaban J connectivity index is 0.000000172. The average Bonchev–Trinajstić information content (AvgIpc) is 3.28. The van der Waals surface area contributed by atoms with Crippen LogP contribution in [0, 0.1) is 5.92 Å². The number of anilines is 1. The topological polar surface area (TPSA) is 134 Å². The number of hydrogen-bond acceptors (Lipinski definition) is 9. The molecule has 2 amide bonds. The molecule has 6 heterocycles. The fraction of sp³-hybridized carbons (Fsp3) is 0.625. The van der Waals surface area contributed by atoms with Crippen molar-refractivity contribution >= 4 is 27.8 Å². The molecule has 3 aromatic rings. The summed E-state index contributed by atoms with van der Waals surface area (Å²) in [6.07, 6.45) is 8.78. The molecule has 5 atom stereocenters. The van der Waals surface area contributed by atoms with Gasteiger partial charge in [-0.05, 0) is 81.2 Å². The number of rotatable bonds is 6. The van der Waals surface area contributed by atoms with E-state index in [2.05, 4.69) is 35.8 Å². The molecule has 0 radical (unpaired) electrons. The molecule has 1 saturated carbocycles. The minimum absolute atomic E-state index is 0.0145. The lowest BCUT2D eigenvalue weighted by Crippen LogP contribution is -2.57. The molecular formula is C40H54F2N8O5S. The summed E-state index contributed by atoms with van der Waals surface area (Å²) in [5.41, 5.74) is 1.55. The number of amides is 2. The van der Waals surface area contributed by atoms with Crippen LogP contribution in [0.1, 0.15) is 90.6 Å². The van der Waals surface area contributed by atoms with Crippen LogP contribution < -0.4 is 4.90 Å². The molecule has 0 N–H and O–H groups in total. The van der Waals surface area contributed by atoms with Crippen LogP contribution in [0.3, 0.4) is 0 Å². The highest BCUT2D eigenvalue weighted by atomic mass is 32.2. The van der Waals surface area contributed by atoms with Crippen molar-refractivity contribution < 1.29 is 31.5 Å². The number of fused-ring (bicyclic) bond motifs is 4. The Morgan fingerprint density at radius 1 is 0.875 bits per heavy atom. The van der Waals surface area contributed by atoms with E-state index in [4.69, 9.17) is 9.72 Å². The van der Waals surface area contributed by atoms with Crippen molar-refractivity contribution in [2.24, 2.45) is 13.0 Å². The van der Waals surface area contributed by atoms with Crippen molar-refractivity contribution in [3.63, 3.8) is 0 Å². The molecule has 1 aliphatic carbocycles. The molecule has 5 aliphatic rings. The number of piperazine rings is 2. The van der Waals surface area contributed by atoms with E-state index in [1.807, 2.05) is 52.2 Å². The Labute approximate surface area is 328 Å². The van der Waals surface area contributed by atoms with Crippen molar-refractivity contribution in [1.29, 1.82) is 0 Å². The third-order valence-corrected chi connectivity index (χ3v) is 13.3. The molecule has 16 heteroatoms. The predicted molar refractivity (Wildman–Crippen MR) is 206 cm³/mol. The fourth-order valence-corrected chi connectivity index (χ4v) is 9.97. The van der Waals surface area contributed by atoms with Gasteiger partial charge in [-0.2, -0.15) is 9.40 Å². The van der Waals surface area contributed by atoms with Gasteiger partial charge in [-0.25, -0.2) is 32.0 Å². The SMILES string of the molecule is CC(C)(C)OC(=O)N1C2CCC1CN(S(=O)(=O)c1ccc(C(C)(C)C)cc1)C2.Cn1cc(Cc2nccc(N3C[C@@H]4CC[C@@H](C3)N4C(=O)[C@@H]3CC3(F)F)n2)cn1. The highest BCUT2D eigenvalue weighted by Crippen LogP contribution is 2.51. The number of nitrogens with zero attached hydrogens (tertiary/aromatic N) is 8. The number of benzene rings is 1. The van der Waals surface area contributed by atoms with Crippen LogP contribution in [-0.2, 0) is 38.4 Å². The molecule has 0 spiro atoms. The maximum atomic E-state index is 13.4. The standard InChI is InChI=1S/C21H32N2O4S.C19H22F2N6O/c1-20(2,3)15-7-11-18(12-8-15)28(25,26)22-13-16-9-10-17(14-22)23(16)19(24)27-21(4,5)6;1-25-9-12(8-23-25)6-16-22-5-4-17(24-16)26-10-13-2-3-14(11-26)27(13)18(28)15-7-19(15,20)21/h7-8,11-12,16-17H,9-10,13-14H2,1-6H3;4-5,8-9,13-15H,2-3,6-7,10-11H2,1H3/t;13-,14-,15-/m.0/s1. The van der Waals surface area contributed by atoms with Crippen molar-refractivity contribution in [3.05, 3.63) is 65.9 Å². The number of carbonyl (C=O) groups excluding carboxylic acids is 2. The van der Waals surface area contributed by atoms with Crippen molar-refractivity contribution in [2.75, 3.05) is 31.1 Å². The quantitative estimate of drug-likeness (QED) is 0.322. The van der Waals surface area contributed by atoms with Gasteiger partial charge in [-0.15, -0.1) is 0 Å². The zero-order valence-electron chi connectivity index (χ0n) is 33.4. The van der Waals surface area contributed by atoms with Gasteiger partial charge in [0.2, 0.25) is 15.9 Å². The molecule has 2 aromatic heterocycles. The zero-order chi connectivity index (χ0) is 40.4. The van der Waals surface area contributed by atoms with E-state index in [9.17, 15) is 26.8 Å². The first-order valence-corrected chi connectivity index (χ1v) is 21.0. The van der Waals surface area contributed by atoms with Gasteiger partial charge in [0.15, 0.2) is 0 Å². The van der Waals surface area contributed by atoms with Crippen LogP contribution in [0.4, 0.5) is 19.4 Å². The van der Waals surface area contributed by atoms with Crippen LogP contribution >= 0.6 is 0 Å². The maximum Gasteiger partial charge on any atom is 0.410 e. The number of alkyl halides is 2. The summed E-state index contributed by atoms with van der Waals surface area (Å²) >= 11 is 0. The van der Waals surface area contributed by atoms with Gasteiger partial charge in [0.1, 0.15) is 23.2 Å². The van der Waals surface area contributed by atoms with E-state index in [1.54, 1.807) is 39.0 Å². The molecule has 1 aromatic carbocycles. The summed E-state index contributed by atoms with van der Waals surface area (Å²) < 4.78 is 61.9. The Hall–Kier alpha value is -4.18. The average molecular weight is 797 g/mol. The Morgan fingerprint density at radius 3 is 1.95 bits per heavy atom. The number of hydrogen-bond donors (Lipinski definition) is 0. The molecule has 8 rings (SSSR count). The smallest absolute Gasteiger partial charge is 0.410 e. The summed E-state index contributed by atoms with van der Waals surface area (Å²) in [5.74, 6) is -2.73. The first-order chi connectivity index (χ1) is 26.2. The first kappa shape index (κ1) is 40.0. The van der Waals surface area contributed by atoms with E-state index in [0.717, 1.165) is 42.6 Å². The van der Waals surface area contributed by atoms with Gasteiger partial charge in [0.25, 0.3) is 5.92 Å². The number of ether oxygens (including phenoxy) is 1. The molecule has 304 valence electrons. The molecule has 5 fully saturated rings. The summed E-state index contributed by atoms with van der Waals surface area (Å²) in [6, 6.07) is 8.75. The summed E-state index contributed by atoms with van der Waals surface area (Å²) in [5, 5.41) is 4.17. The molecule has 13 nitrogen and oxygen atoms in total. The second-order valence-corrected chi connectivity index (χ2v) is 19.9. The van der Waals surface area contributed by atoms with Crippen LogP contribution in [0.25, 0.3) is 0 Å². The highest BCUT2D eigenvalue weighted by Gasteiger charge is 2.64. The van der Waals surface area contributed by atoms with Crippen LogP contribution in [0.2, 0.25) is 0 Å². The molecule has 56 heavy (non-hydrogen) atoms. The van der Waals surface area contributed by atoms with Crippen LogP contribution in [0.5, 0.6) is 0 Å². The summed E-state index contributed by atoms with van der Waals surface area (Å²) in [4.78, 5) is 40.1. The Bertz CT molecular complexity index is 2020. The Kier molecular flexibility index (Phi) is 10.5. The number of halogens is 2. The first-order valence-electron chi connectivity index (χ1n) is 19.6.